The molecule has 98 valence electrons. The van der Waals surface area contributed by atoms with Crippen LogP contribution in [-0.2, 0) is 0 Å². The minimum atomic E-state index is 0.101. The molecule has 0 aromatic heterocycles. The zero-order chi connectivity index (χ0) is 12.7. The van der Waals surface area contributed by atoms with Gasteiger partial charge in [-0.25, -0.2) is 0 Å². The summed E-state index contributed by atoms with van der Waals surface area (Å²) in [6, 6.07) is 6.89. The number of anilines is 1. The summed E-state index contributed by atoms with van der Waals surface area (Å²) >= 11 is 0. The number of hydrogen-bond donors (Lipinski definition) is 2. The highest BCUT2D eigenvalue weighted by Gasteiger charge is 2.39. The summed E-state index contributed by atoms with van der Waals surface area (Å²) in [6.07, 6.45) is 1.17. The average Bonchev–Trinajstić information content (AvgIpc) is 2.44. The second kappa shape index (κ2) is 4.44. The molecule has 1 saturated heterocycles. The van der Waals surface area contributed by atoms with Crippen LogP contribution in [0.4, 0.5) is 5.69 Å². The van der Waals surface area contributed by atoms with Crippen molar-refractivity contribution in [2.24, 2.45) is 11.7 Å². The summed E-state index contributed by atoms with van der Waals surface area (Å²) in [7, 11) is 3.88. The highest BCUT2D eigenvalue weighted by atomic mass is 16.5. The molecule has 3 rings (SSSR count). The largest absolute Gasteiger partial charge is 0.497 e. The van der Waals surface area contributed by atoms with Gasteiger partial charge in [0.05, 0.1) is 7.11 Å². The van der Waals surface area contributed by atoms with Crippen molar-refractivity contribution >= 4 is 5.69 Å². The molecule has 1 fully saturated rings. The van der Waals surface area contributed by atoms with E-state index in [4.69, 9.17) is 10.5 Å². The van der Waals surface area contributed by atoms with E-state index in [1.54, 1.807) is 7.11 Å². The summed E-state index contributed by atoms with van der Waals surface area (Å²) in [6.45, 7) is 2.09. The van der Waals surface area contributed by atoms with E-state index in [1.165, 1.54) is 17.7 Å². The van der Waals surface area contributed by atoms with Crippen molar-refractivity contribution in [3.8, 4) is 5.75 Å². The molecule has 1 aromatic rings. The highest BCUT2D eigenvalue weighted by Crippen LogP contribution is 2.41. The van der Waals surface area contributed by atoms with E-state index in [2.05, 4.69) is 29.4 Å². The number of hydrogen-bond acceptors (Lipinski definition) is 4. The number of nitrogens with zero attached hydrogens (tertiary/aromatic N) is 1. The fourth-order valence-electron chi connectivity index (χ4n) is 3.37. The van der Waals surface area contributed by atoms with Crippen LogP contribution in [0.5, 0.6) is 5.75 Å². The van der Waals surface area contributed by atoms with Crippen molar-refractivity contribution in [2.75, 3.05) is 32.1 Å². The second-order valence-corrected chi connectivity index (χ2v) is 5.29. The Hall–Kier alpha value is -1.26. The molecule has 0 aliphatic carbocycles. The van der Waals surface area contributed by atoms with E-state index in [1.807, 2.05) is 6.07 Å². The summed E-state index contributed by atoms with van der Waals surface area (Å²) < 4.78 is 5.31. The van der Waals surface area contributed by atoms with E-state index < -0.39 is 0 Å². The molecule has 3 unspecified atom stereocenters. The number of rotatable bonds is 1. The molecule has 1 aromatic carbocycles. The number of methoxy groups -OCH3 is 1. The number of piperidine rings is 1. The summed E-state index contributed by atoms with van der Waals surface area (Å²) in [4.78, 5) is 2.39. The lowest BCUT2D eigenvalue weighted by atomic mass is 9.78. The second-order valence-electron chi connectivity index (χ2n) is 5.29. The van der Waals surface area contributed by atoms with Crippen molar-refractivity contribution in [3.63, 3.8) is 0 Å². The first-order valence-electron chi connectivity index (χ1n) is 6.59. The van der Waals surface area contributed by atoms with Gasteiger partial charge in [0.25, 0.3) is 0 Å². The number of nitrogens with one attached hydrogen (secondary N) is 1. The van der Waals surface area contributed by atoms with Gasteiger partial charge in [0.1, 0.15) is 5.75 Å². The first-order valence-corrected chi connectivity index (χ1v) is 6.59. The maximum atomic E-state index is 6.46. The van der Waals surface area contributed by atoms with Crippen LogP contribution in [0.1, 0.15) is 18.0 Å². The van der Waals surface area contributed by atoms with Gasteiger partial charge < -0.3 is 20.7 Å². The highest BCUT2D eigenvalue weighted by molar-refractivity contribution is 5.60. The smallest absolute Gasteiger partial charge is 0.119 e. The monoisotopic (exact) mass is 247 g/mol. The lowest BCUT2D eigenvalue weighted by Crippen LogP contribution is -2.55. The Morgan fingerprint density at radius 2 is 2.28 bits per heavy atom. The van der Waals surface area contributed by atoms with Crippen molar-refractivity contribution in [3.05, 3.63) is 23.8 Å². The molecule has 4 heteroatoms. The van der Waals surface area contributed by atoms with Gasteiger partial charge in [-0.05, 0) is 36.7 Å². The molecular formula is C14H21N3O. The van der Waals surface area contributed by atoms with E-state index in [-0.39, 0.29) is 6.04 Å². The molecule has 0 radical (unpaired) electrons. The Labute approximate surface area is 108 Å². The number of benzene rings is 1. The Bertz CT molecular complexity index is 449. The SMILES string of the molecule is COc1ccc2c(c1)C(N)C1CNCCC1N2C. The van der Waals surface area contributed by atoms with Crippen LogP contribution >= 0.6 is 0 Å². The molecule has 0 bridgehead atoms. The molecule has 2 aliphatic heterocycles. The molecule has 0 saturated carbocycles. The van der Waals surface area contributed by atoms with Gasteiger partial charge in [-0.3, -0.25) is 0 Å². The third kappa shape index (κ3) is 1.68. The summed E-state index contributed by atoms with van der Waals surface area (Å²) in [5, 5.41) is 3.46. The predicted molar refractivity (Wildman–Crippen MR) is 73.1 cm³/mol. The van der Waals surface area contributed by atoms with E-state index >= 15 is 0 Å². The van der Waals surface area contributed by atoms with Crippen LogP contribution in [0.15, 0.2) is 18.2 Å². The number of ether oxygens (including phenoxy) is 1. The minimum absolute atomic E-state index is 0.101. The third-order valence-electron chi connectivity index (χ3n) is 4.42. The Morgan fingerprint density at radius 3 is 3.06 bits per heavy atom. The van der Waals surface area contributed by atoms with Gasteiger partial charge >= 0.3 is 0 Å². The quantitative estimate of drug-likeness (QED) is 0.781. The molecular weight excluding hydrogens is 226 g/mol. The summed E-state index contributed by atoms with van der Waals surface area (Å²) in [5.41, 5.74) is 8.93. The normalized spacial score (nSPS) is 30.6. The fraction of sp³-hybridized carbons (Fsp3) is 0.571. The Kier molecular flexibility index (Phi) is 2.92. The maximum Gasteiger partial charge on any atom is 0.119 e. The number of fused-ring (bicyclic) bond motifs is 2. The van der Waals surface area contributed by atoms with Gasteiger partial charge in [-0.15, -0.1) is 0 Å². The van der Waals surface area contributed by atoms with E-state index in [0.29, 0.717) is 12.0 Å². The lowest BCUT2D eigenvalue weighted by Gasteiger charge is -2.47. The molecule has 0 amide bonds. The van der Waals surface area contributed by atoms with Crippen LogP contribution in [-0.4, -0.2) is 33.3 Å². The van der Waals surface area contributed by atoms with Gasteiger partial charge in [-0.2, -0.15) is 0 Å². The maximum absolute atomic E-state index is 6.46. The van der Waals surface area contributed by atoms with Gasteiger partial charge in [0.2, 0.25) is 0 Å². The van der Waals surface area contributed by atoms with Crippen molar-refractivity contribution in [2.45, 2.75) is 18.5 Å². The average molecular weight is 247 g/mol. The first-order chi connectivity index (χ1) is 8.72. The molecule has 2 heterocycles. The van der Waals surface area contributed by atoms with Gasteiger partial charge in [0, 0.05) is 37.3 Å². The van der Waals surface area contributed by atoms with Gasteiger partial charge in [0.15, 0.2) is 0 Å². The van der Waals surface area contributed by atoms with Crippen LogP contribution in [0.3, 0.4) is 0 Å². The Balaban J connectivity index is 2.04. The molecule has 0 spiro atoms. The molecule has 3 N–H and O–H groups in total. The minimum Gasteiger partial charge on any atom is -0.497 e. The lowest BCUT2D eigenvalue weighted by molar-refractivity contribution is 0.262. The zero-order valence-corrected chi connectivity index (χ0v) is 11.0. The van der Waals surface area contributed by atoms with Gasteiger partial charge in [-0.1, -0.05) is 0 Å². The summed E-state index contributed by atoms with van der Waals surface area (Å²) in [5.74, 6) is 1.38. The van der Waals surface area contributed by atoms with Crippen LogP contribution in [0.25, 0.3) is 0 Å². The van der Waals surface area contributed by atoms with E-state index in [0.717, 1.165) is 18.8 Å². The molecule has 18 heavy (non-hydrogen) atoms. The molecule has 2 aliphatic rings. The molecule has 4 nitrogen and oxygen atoms in total. The third-order valence-corrected chi connectivity index (χ3v) is 4.42. The first kappa shape index (κ1) is 11.8. The van der Waals surface area contributed by atoms with Crippen molar-refractivity contribution in [1.82, 2.24) is 5.32 Å². The Morgan fingerprint density at radius 1 is 1.44 bits per heavy atom. The zero-order valence-electron chi connectivity index (χ0n) is 11.0. The van der Waals surface area contributed by atoms with Crippen LogP contribution in [0.2, 0.25) is 0 Å². The number of nitrogens with two attached hydrogens (primary N) is 1. The fourth-order valence-corrected chi connectivity index (χ4v) is 3.37. The standard InChI is InChI=1S/C14H21N3O/c1-17-12-4-3-9(18-2)7-10(12)14(15)11-8-16-6-5-13(11)17/h3-4,7,11,13-14,16H,5-6,8,15H2,1-2H3. The van der Waals surface area contributed by atoms with Crippen LogP contribution in [0, 0.1) is 5.92 Å². The van der Waals surface area contributed by atoms with Crippen molar-refractivity contribution < 1.29 is 4.74 Å². The van der Waals surface area contributed by atoms with E-state index in [9.17, 15) is 0 Å². The van der Waals surface area contributed by atoms with Crippen LogP contribution < -0.4 is 20.7 Å². The molecule has 3 atom stereocenters. The topological polar surface area (TPSA) is 50.5 Å². The van der Waals surface area contributed by atoms with Crippen molar-refractivity contribution in [1.29, 1.82) is 0 Å². The predicted octanol–water partition coefficient (Wildman–Crippen LogP) is 1.12.